The third kappa shape index (κ3) is 7.21. The minimum atomic E-state index is -0.754. The number of esters is 2. The fourth-order valence-corrected chi connectivity index (χ4v) is 6.01. The Labute approximate surface area is 259 Å². The molecule has 5 N–H and O–H groups in total. The molecule has 1 unspecified atom stereocenters. The number of carbonyl (C=O) groups is 2. The van der Waals surface area contributed by atoms with Gasteiger partial charge in [-0.05, 0) is 62.6 Å². The molecule has 2 atom stereocenters. The molecule has 44 heavy (non-hydrogen) atoms. The number of rotatable bonds is 13. The Morgan fingerprint density at radius 1 is 0.909 bits per heavy atom. The number of hydrogen-bond acceptors (Lipinski definition) is 8. The third-order valence-electron chi connectivity index (χ3n) is 8.30. The van der Waals surface area contributed by atoms with Gasteiger partial charge in [-0.25, -0.2) is 9.59 Å². The topological polar surface area (TPSA) is 125 Å². The summed E-state index contributed by atoms with van der Waals surface area (Å²) in [6.45, 7) is 7.68. The van der Waals surface area contributed by atoms with Crippen LogP contribution in [0.1, 0.15) is 62.1 Å². The van der Waals surface area contributed by atoms with Gasteiger partial charge >= 0.3 is 11.9 Å². The molecule has 0 aromatic heterocycles. The summed E-state index contributed by atoms with van der Waals surface area (Å²) in [6, 6.07) is 28.4. The van der Waals surface area contributed by atoms with Crippen LogP contribution >= 0.6 is 0 Å². The standard InChI is InChI=1S/C36H42N4O4/c1-4-43-34(41)31-24(2)40-25(3)32(33(31)28-16-11-17-29(37)22-28)35(42)44-36(23-39-36)19-21-38-20-18-30(26-12-7-5-8-13-26)27-14-9-6-10-15-27/h5-17,22,30,33,38-40H,4,18-21,23,37H2,1-3H3/t33?,36-/m1/s1. The van der Waals surface area contributed by atoms with Crippen molar-refractivity contribution in [3.05, 3.63) is 124 Å². The summed E-state index contributed by atoms with van der Waals surface area (Å²) in [4.78, 5) is 27.0. The van der Waals surface area contributed by atoms with E-state index in [-0.39, 0.29) is 6.61 Å². The number of benzene rings is 3. The van der Waals surface area contributed by atoms with E-state index in [4.69, 9.17) is 15.2 Å². The predicted molar refractivity (Wildman–Crippen MR) is 172 cm³/mol. The molecule has 0 amide bonds. The summed E-state index contributed by atoms with van der Waals surface area (Å²) in [5.74, 6) is -1.34. The smallest absolute Gasteiger partial charge is 0.338 e. The lowest BCUT2D eigenvalue weighted by Gasteiger charge is -2.31. The molecular weight excluding hydrogens is 552 g/mol. The lowest BCUT2D eigenvalue weighted by atomic mass is 9.80. The molecular formula is C36H42N4O4. The summed E-state index contributed by atoms with van der Waals surface area (Å²) < 4.78 is 11.5. The van der Waals surface area contributed by atoms with Gasteiger partial charge in [-0.2, -0.15) is 0 Å². The first-order valence-electron chi connectivity index (χ1n) is 15.3. The molecule has 2 aliphatic rings. The molecule has 230 valence electrons. The quantitative estimate of drug-likeness (QED) is 0.0932. The molecule has 1 fully saturated rings. The van der Waals surface area contributed by atoms with Crippen LogP contribution < -0.4 is 21.7 Å². The number of hydrogen-bond donors (Lipinski definition) is 4. The first-order valence-corrected chi connectivity index (χ1v) is 15.3. The van der Waals surface area contributed by atoms with Crippen molar-refractivity contribution in [1.29, 1.82) is 0 Å². The van der Waals surface area contributed by atoms with Gasteiger partial charge in [0.05, 0.1) is 30.2 Å². The normalized spacial score (nSPS) is 19.5. The van der Waals surface area contributed by atoms with E-state index < -0.39 is 23.6 Å². The highest BCUT2D eigenvalue weighted by atomic mass is 16.6. The van der Waals surface area contributed by atoms with Crippen LogP contribution in [-0.2, 0) is 19.1 Å². The minimum Gasteiger partial charge on any atom is -0.463 e. The van der Waals surface area contributed by atoms with Gasteiger partial charge in [-0.3, -0.25) is 5.32 Å². The maximum absolute atomic E-state index is 13.9. The van der Waals surface area contributed by atoms with Crippen LogP contribution in [0.4, 0.5) is 5.69 Å². The minimum absolute atomic E-state index is 0.221. The molecule has 0 spiro atoms. The molecule has 2 heterocycles. The zero-order valence-corrected chi connectivity index (χ0v) is 25.7. The van der Waals surface area contributed by atoms with Crippen LogP contribution in [0.25, 0.3) is 0 Å². The molecule has 3 aromatic rings. The van der Waals surface area contributed by atoms with E-state index in [0.717, 1.165) is 18.5 Å². The predicted octanol–water partition coefficient (Wildman–Crippen LogP) is 5.11. The fourth-order valence-electron chi connectivity index (χ4n) is 6.01. The average molecular weight is 595 g/mol. The largest absolute Gasteiger partial charge is 0.463 e. The lowest BCUT2D eigenvalue weighted by molar-refractivity contribution is -0.147. The Kier molecular flexibility index (Phi) is 9.82. The monoisotopic (exact) mass is 594 g/mol. The number of carbonyl (C=O) groups excluding carboxylic acids is 2. The molecule has 3 aromatic carbocycles. The SMILES string of the molecule is CCOC(=O)C1=C(C)NC(C)=C(C(=O)O[C@]2(CCNCCC(c3ccccc3)c3ccccc3)CN2)C1c1cccc(N)c1. The lowest BCUT2D eigenvalue weighted by Crippen LogP contribution is -2.36. The van der Waals surface area contributed by atoms with Crippen molar-refractivity contribution in [2.75, 3.05) is 32.0 Å². The highest BCUT2D eigenvalue weighted by Gasteiger charge is 2.48. The highest BCUT2D eigenvalue weighted by molar-refractivity contribution is 6.00. The molecule has 0 bridgehead atoms. The summed E-state index contributed by atoms with van der Waals surface area (Å²) in [5.41, 5.74) is 11.2. The molecule has 8 nitrogen and oxygen atoms in total. The summed E-state index contributed by atoms with van der Waals surface area (Å²) in [7, 11) is 0. The average Bonchev–Trinajstić information content (AvgIpc) is 3.78. The second-order valence-corrected chi connectivity index (χ2v) is 11.4. The van der Waals surface area contributed by atoms with Gasteiger partial charge in [0, 0.05) is 36.0 Å². The van der Waals surface area contributed by atoms with Gasteiger partial charge in [0.2, 0.25) is 0 Å². The van der Waals surface area contributed by atoms with Crippen molar-refractivity contribution in [3.63, 3.8) is 0 Å². The van der Waals surface area contributed by atoms with E-state index in [1.165, 1.54) is 11.1 Å². The number of anilines is 1. The van der Waals surface area contributed by atoms with E-state index in [1.807, 2.05) is 38.1 Å². The second-order valence-electron chi connectivity index (χ2n) is 11.4. The fraction of sp³-hybridized carbons (Fsp3) is 0.333. The van der Waals surface area contributed by atoms with Gasteiger partial charge in [0.1, 0.15) is 0 Å². The van der Waals surface area contributed by atoms with Crippen LogP contribution in [0.15, 0.2) is 107 Å². The first-order chi connectivity index (χ1) is 21.3. The number of nitrogen functional groups attached to an aromatic ring is 1. The Balaban J connectivity index is 1.24. The van der Waals surface area contributed by atoms with Gasteiger partial charge in [-0.15, -0.1) is 0 Å². The summed E-state index contributed by atoms with van der Waals surface area (Å²) in [6.07, 6.45) is 1.55. The maximum atomic E-state index is 13.9. The maximum Gasteiger partial charge on any atom is 0.338 e. The van der Waals surface area contributed by atoms with Crippen molar-refractivity contribution in [2.45, 2.75) is 51.2 Å². The van der Waals surface area contributed by atoms with Gasteiger partial charge < -0.3 is 25.8 Å². The zero-order chi connectivity index (χ0) is 31.1. The van der Waals surface area contributed by atoms with Gasteiger partial charge in [0.25, 0.3) is 0 Å². The van der Waals surface area contributed by atoms with Crippen LogP contribution in [0.3, 0.4) is 0 Å². The summed E-state index contributed by atoms with van der Waals surface area (Å²) in [5, 5.41) is 10.0. The van der Waals surface area contributed by atoms with Crippen molar-refractivity contribution in [2.24, 2.45) is 0 Å². The van der Waals surface area contributed by atoms with E-state index in [9.17, 15) is 9.59 Å². The molecule has 5 rings (SSSR count). The number of nitrogens with one attached hydrogen (secondary N) is 3. The van der Waals surface area contributed by atoms with Crippen LogP contribution in [0, 0.1) is 0 Å². The van der Waals surface area contributed by atoms with E-state index in [1.54, 1.807) is 19.1 Å². The van der Waals surface area contributed by atoms with E-state index in [0.29, 0.717) is 53.7 Å². The van der Waals surface area contributed by atoms with Crippen molar-refractivity contribution in [3.8, 4) is 0 Å². The Hall–Kier alpha value is -4.40. The Morgan fingerprint density at radius 3 is 2.09 bits per heavy atom. The van der Waals surface area contributed by atoms with Crippen LogP contribution in [-0.4, -0.2) is 43.9 Å². The van der Waals surface area contributed by atoms with Crippen LogP contribution in [0.2, 0.25) is 0 Å². The molecule has 0 aliphatic carbocycles. The molecule has 8 heteroatoms. The van der Waals surface area contributed by atoms with Crippen LogP contribution in [0.5, 0.6) is 0 Å². The third-order valence-corrected chi connectivity index (χ3v) is 8.30. The second kappa shape index (κ2) is 13.9. The van der Waals surface area contributed by atoms with Gasteiger partial charge in [-0.1, -0.05) is 72.8 Å². The number of dihydropyridines is 1. The number of nitrogens with two attached hydrogens (primary N) is 1. The van der Waals surface area contributed by atoms with Crippen molar-refractivity contribution in [1.82, 2.24) is 16.0 Å². The van der Waals surface area contributed by atoms with E-state index in [2.05, 4.69) is 64.5 Å². The van der Waals surface area contributed by atoms with E-state index >= 15 is 0 Å². The Bertz CT molecular complexity index is 1490. The molecule has 1 saturated heterocycles. The highest BCUT2D eigenvalue weighted by Crippen LogP contribution is 2.41. The molecule has 0 radical (unpaired) electrons. The van der Waals surface area contributed by atoms with Crippen molar-refractivity contribution < 1.29 is 19.1 Å². The van der Waals surface area contributed by atoms with Crippen molar-refractivity contribution >= 4 is 17.6 Å². The van der Waals surface area contributed by atoms with Gasteiger partial charge in [0.15, 0.2) is 5.72 Å². The first kappa shape index (κ1) is 31.0. The zero-order valence-electron chi connectivity index (χ0n) is 25.7. The molecule has 2 aliphatic heterocycles. The number of ether oxygens (including phenoxy) is 2. The number of allylic oxidation sites excluding steroid dienone is 2. The summed E-state index contributed by atoms with van der Waals surface area (Å²) >= 11 is 0. The molecule has 0 saturated carbocycles. The Morgan fingerprint density at radius 2 is 1.52 bits per heavy atom.